The van der Waals surface area contributed by atoms with Crippen molar-refractivity contribution in [1.82, 2.24) is 19.9 Å². The van der Waals surface area contributed by atoms with E-state index in [2.05, 4.69) is 25.3 Å². The minimum Gasteiger partial charge on any atom is -0.340 e. The molecule has 2 N–H and O–H groups in total. The number of amides is 1. The normalized spacial score (nSPS) is 10.7. The molecule has 0 atom stereocenters. The van der Waals surface area contributed by atoms with Gasteiger partial charge in [0.2, 0.25) is 5.91 Å². The minimum absolute atomic E-state index is 0.0162. The molecule has 0 aliphatic rings. The van der Waals surface area contributed by atoms with E-state index < -0.39 is 6.08 Å². The van der Waals surface area contributed by atoms with Gasteiger partial charge in [-0.25, -0.2) is 4.98 Å². The van der Waals surface area contributed by atoms with E-state index in [1.807, 2.05) is 0 Å². The molecule has 0 aliphatic carbocycles. The molecule has 1 amide bonds. The molecule has 106 valence electrons. The number of rotatable bonds is 5. The summed E-state index contributed by atoms with van der Waals surface area (Å²) in [5.74, 6) is 0.331. The lowest BCUT2D eigenvalue weighted by Gasteiger charge is -2.04. The summed E-state index contributed by atoms with van der Waals surface area (Å²) >= 11 is 1.17. The number of thioether (sulfide) groups is 1. The molecule has 2 aromatic heterocycles. The Labute approximate surface area is 117 Å². The van der Waals surface area contributed by atoms with Gasteiger partial charge in [0.25, 0.3) is 0 Å². The fourth-order valence-electron chi connectivity index (χ4n) is 1.54. The number of halogens is 1. The van der Waals surface area contributed by atoms with Crippen LogP contribution in [-0.4, -0.2) is 36.7 Å². The number of H-pyrrole nitrogens is 1. The third-order valence-corrected chi connectivity index (χ3v) is 3.27. The Balaban J connectivity index is 1.96. The molecular formula is C11H12FN5O2S. The molecule has 0 saturated carbocycles. The van der Waals surface area contributed by atoms with Crippen LogP contribution in [-0.2, 0) is 9.59 Å². The predicted molar refractivity (Wildman–Crippen MR) is 72.6 cm³/mol. The molecule has 0 aromatic carbocycles. The van der Waals surface area contributed by atoms with E-state index in [9.17, 15) is 14.0 Å². The van der Waals surface area contributed by atoms with Gasteiger partial charge in [-0.2, -0.15) is 14.4 Å². The van der Waals surface area contributed by atoms with Crippen LogP contribution in [0.3, 0.4) is 0 Å². The number of nitrogens with zero attached hydrogens (tertiary/aromatic N) is 3. The highest BCUT2D eigenvalue weighted by atomic mass is 32.2. The molecule has 0 saturated heterocycles. The third-order valence-electron chi connectivity index (χ3n) is 2.37. The van der Waals surface area contributed by atoms with Gasteiger partial charge in [0.1, 0.15) is 5.52 Å². The zero-order valence-electron chi connectivity index (χ0n) is 10.6. The predicted octanol–water partition coefficient (Wildman–Crippen LogP) is 1.49. The van der Waals surface area contributed by atoms with E-state index in [0.29, 0.717) is 17.7 Å². The van der Waals surface area contributed by atoms with Crippen LogP contribution in [0.2, 0.25) is 0 Å². The number of anilines is 1. The Bertz CT molecular complexity index is 645. The van der Waals surface area contributed by atoms with Gasteiger partial charge >= 0.3 is 6.08 Å². The highest BCUT2D eigenvalue weighted by Gasteiger charge is 2.12. The summed E-state index contributed by atoms with van der Waals surface area (Å²) < 4.78 is 13.2. The van der Waals surface area contributed by atoms with Gasteiger partial charge in [0.15, 0.2) is 16.6 Å². The molecule has 0 unspecified atom stereocenters. The summed E-state index contributed by atoms with van der Waals surface area (Å²) in [6, 6.07) is 0. The van der Waals surface area contributed by atoms with Crippen LogP contribution in [0, 0.1) is 6.08 Å². The lowest BCUT2D eigenvalue weighted by atomic mass is 10.3. The average molecular weight is 297 g/mol. The van der Waals surface area contributed by atoms with E-state index in [0.717, 1.165) is 0 Å². The molecule has 0 fully saturated rings. The molecule has 0 radical (unpaired) electrons. The van der Waals surface area contributed by atoms with Gasteiger partial charge in [-0.05, 0) is 6.42 Å². The second-order valence-electron chi connectivity index (χ2n) is 3.93. The topological polar surface area (TPSA) is 101 Å². The maximum Gasteiger partial charge on any atom is 0.312 e. The second-order valence-corrected chi connectivity index (χ2v) is 5.21. The Morgan fingerprint density at radius 3 is 3.00 bits per heavy atom. The van der Waals surface area contributed by atoms with Crippen LogP contribution in [0.5, 0.6) is 0 Å². The number of carbonyl (C=O) groups is 2. The lowest BCUT2D eigenvalue weighted by Crippen LogP contribution is -2.14. The van der Waals surface area contributed by atoms with Crippen LogP contribution in [0.25, 0.3) is 11.2 Å². The van der Waals surface area contributed by atoms with Gasteiger partial charge < -0.3 is 10.3 Å². The highest BCUT2D eigenvalue weighted by molar-refractivity contribution is 8.13. The fourth-order valence-corrected chi connectivity index (χ4v) is 2.12. The summed E-state index contributed by atoms with van der Waals surface area (Å²) in [5, 5.41) is 2.52. The second kappa shape index (κ2) is 6.42. The lowest BCUT2D eigenvalue weighted by molar-refractivity contribution is -0.116. The van der Waals surface area contributed by atoms with E-state index in [1.54, 1.807) is 0 Å². The molecule has 0 spiro atoms. The highest BCUT2D eigenvalue weighted by Crippen LogP contribution is 2.16. The van der Waals surface area contributed by atoms with Crippen LogP contribution >= 0.6 is 11.8 Å². The van der Waals surface area contributed by atoms with Gasteiger partial charge in [-0.15, -0.1) is 0 Å². The first-order valence-electron chi connectivity index (χ1n) is 5.86. The van der Waals surface area contributed by atoms with Crippen LogP contribution in [0.15, 0.2) is 6.33 Å². The fraction of sp³-hybridized carbons (Fsp3) is 0.364. The number of hydrogen-bond donors (Lipinski definition) is 2. The van der Waals surface area contributed by atoms with Crippen molar-refractivity contribution in [2.45, 2.75) is 19.8 Å². The Morgan fingerprint density at radius 2 is 2.25 bits per heavy atom. The smallest absolute Gasteiger partial charge is 0.312 e. The van der Waals surface area contributed by atoms with Crippen molar-refractivity contribution in [2.75, 3.05) is 11.1 Å². The summed E-state index contributed by atoms with van der Waals surface area (Å²) in [7, 11) is 0. The minimum atomic E-state index is -0.952. The number of carbonyl (C=O) groups excluding carboxylic acids is 2. The van der Waals surface area contributed by atoms with Crippen molar-refractivity contribution in [1.29, 1.82) is 0 Å². The number of aromatic nitrogens is 4. The first kappa shape index (κ1) is 14.4. The number of imidazole rings is 1. The van der Waals surface area contributed by atoms with Crippen molar-refractivity contribution in [3.8, 4) is 0 Å². The molecule has 20 heavy (non-hydrogen) atoms. The Hall–Kier alpha value is -2.03. The molecule has 0 aliphatic heterocycles. The quantitative estimate of drug-likeness (QED) is 0.640. The molecule has 9 heteroatoms. The van der Waals surface area contributed by atoms with Crippen LogP contribution in [0.1, 0.15) is 19.8 Å². The third kappa shape index (κ3) is 3.73. The van der Waals surface area contributed by atoms with Gasteiger partial charge in [-0.1, -0.05) is 11.8 Å². The standard InChI is InChI=1S/C11H12FN5O2S/c1-6(18)20-4-2-3-7(19)15-10-8-9(14-5-13-8)16-11(12)17-10/h5H,2-4H2,1H3,(H2,13,14,15,16,17,19). The summed E-state index contributed by atoms with van der Waals surface area (Å²) in [6.07, 6.45) is 1.17. The van der Waals surface area contributed by atoms with Crippen molar-refractivity contribution >= 4 is 39.8 Å². The van der Waals surface area contributed by atoms with Crippen LogP contribution in [0.4, 0.5) is 10.2 Å². The Kier molecular flexibility index (Phi) is 4.61. The number of nitrogens with one attached hydrogen (secondary N) is 2. The molecule has 2 heterocycles. The summed E-state index contributed by atoms with van der Waals surface area (Å²) in [6.45, 7) is 1.48. The van der Waals surface area contributed by atoms with Crippen molar-refractivity contribution in [3.63, 3.8) is 0 Å². The number of fused-ring (bicyclic) bond motifs is 1. The van der Waals surface area contributed by atoms with E-state index in [4.69, 9.17) is 0 Å². The monoisotopic (exact) mass is 297 g/mol. The number of aromatic amines is 1. The average Bonchev–Trinajstić information content (AvgIpc) is 2.82. The molecule has 7 nitrogen and oxygen atoms in total. The summed E-state index contributed by atoms with van der Waals surface area (Å²) in [4.78, 5) is 36.0. The van der Waals surface area contributed by atoms with Gasteiger partial charge in [0, 0.05) is 19.1 Å². The first-order valence-corrected chi connectivity index (χ1v) is 6.84. The maximum atomic E-state index is 13.2. The maximum absolute atomic E-state index is 13.2. The molecule has 0 bridgehead atoms. The SMILES string of the molecule is CC(=O)SCCCC(=O)Nc1nc(F)nc2nc[nH]c12. The van der Waals surface area contributed by atoms with Gasteiger partial charge in [-0.3, -0.25) is 9.59 Å². The summed E-state index contributed by atoms with van der Waals surface area (Å²) in [5.41, 5.74) is 0.526. The van der Waals surface area contributed by atoms with Gasteiger partial charge in [0.05, 0.1) is 6.33 Å². The van der Waals surface area contributed by atoms with E-state index >= 15 is 0 Å². The molecule has 2 rings (SSSR count). The van der Waals surface area contributed by atoms with Crippen molar-refractivity contribution in [2.24, 2.45) is 0 Å². The number of hydrogen-bond acceptors (Lipinski definition) is 6. The molecular weight excluding hydrogens is 285 g/mol. The largest absolute Gasteiger partial charge is 0.340 e. The van der Waals surface area contributed by atoms with Crippen molar-refractivity contribution < 1.29 is 14.0 Å². The molecule has 2 aromatic rings. The zero-order valence-corrected chi connectivity index (χ0v) is 11.5. The Morgan fingerprint density at radius 1 is 1.45 bits per heavy atom. The van der Waals surface area contributed by atoms with E-state index in [1.165, 1.54) is 25.0 Å². The first-order chi connectivity index (χ1) is 9.56. The van der Waals surface area contributed by atoms with Crippen molar-refractivity contribution in [3.05, 3.63) is 12.4 Å². The van der Waals surface area contributed by atoms with E-state index in [-0.39, 0.29) is 28.9 Å². The van der Waals surface area contributed by atoms with Crippen LogP contribution < -0.4 is 5.32 Å². The zero-order chi connectivity index (χ0) is 14.5.